The highest BCUT2D eigenvalue weighted by Gasteiger charge is 2.10. The maximum Gasteiger partial charge on any atom is 0.308 e. The van der Waals surface area contributed by atoms with Crippen LogP contribution in [0.2, 0.25) is 0 Å². The summed E-state index contributed by atoms with van der Waals surface area (Å²) in [5, 5.41) is 21.7. The van der Waals surface area contributed by atoms with E-state index < -0.39 is 22.7 Å². The van der Waals surface area contributed by atoms with Gasteiger partial charge in [-0.2, -0.15) is 0 Å². The van der Waals surface area contributed by atoms with Crippen LogP contribution in [-0.2, 0) is 9.59 Å². The van der Waals surface area contributed by atoms with Crippen molar-refractivity contribution in [2.45, 2.75) is 6.92 Å². The molecule has 0 bridgehead atoms. The quantitative estimate of drug-likeness (QED) is 0.465. The predicted octanol–water partition coefficient (Wildman–Crippen LogP) is 1.44. The first kappa shape index (κ1) is 15.4. The minimum atomic E-state index is -0.993. The zero-order valence-corrected chi connectivity index (χ0v) is 10.8. The van der Waals surface area contributed by atoms with Gasteiger partial charge in [0, 0.05) is 24.8 Å². The highest BCUT2D eigenvalue weighted by atomic mass is 16.6. The Balaban J connectivity index is 2.59. The lowest BCUT2D eigenvalue weighted by atomic mass is 10.2. The van der Waals surface area contributed by atoms with E-state index in [0.717, 1.165) is 0 Å². The van der Waals surface area contributed by atoms with Crippen LogP contribution in [0.1, 0.15) is 12.5 Å². The lowest BCUT2D eigenvalue weighted by Crippen LogP contribution is -2.30. The molecule has 1 unspecified atom stereocenters. The van der Waals surface area contributed by atoms with Crippen LogP contribution in [0.5, 0.6) is 0 Å². The molecule has 0 fully saturated rings. The topological polar surface area (TPSA) is 110 Å². The van der Waals surface area contributed by atoms with Gasteiger partial charge in [0.05, 0.1) is 10.8 Å². The maximum absolute atomic E-state index is 11.4. The predicted molar refractivity (Wildman–Crippen MR) is 71.9 cm³/mol. The number of aliphatic carboxylic acids is 1. The summed E-state index contributed by atoms with van der Waals surface area (Å²) in [6.45, 7) is 1.50. The lowest BCUT2D eigenvalue weighted by molar-refractivity contribution is -0.384. The van der Waals surface area contributed by atoms with Crippen molar-refractivity contribution in [2.75, 3.05) is 6.54 Å². The fraction of sp³-hybridized carbons (Fsp3) is 0.231. The molecule has 1 amide bonds. The van der Waals surface area contributed by atoms with Crippen molar-refractivity contribution in [1.29, 1.82) is 0 Å². The van der Waals surface area contributed by atoms with Crippen molar-refractivity contribution in [3.63, 3.8) is 0 Å². The molecular weight excluding hydrogens is 264 g/mol. The first-order chi connectivity index (χ1) is 9.40. The number of nitrogens with one attached hydrogen (secondary N) is 1. The van der Waals surface area contributed by atoms with Crippen molar-refractivity contribution >= 4 is 23.6 Å². The average Bonchev–Trinajstić information content (AvgIpc) is 2.42. The summed E-state index contributed by atoms with van der Waals surface area (Å²) < 4.78 is 0. The molecule has 106 valence electrons. The van der Waals surface area contributed by atoms with E-state index in [1.54, 1.807) is 6.07 Å². The van der Waals surface area contributed by atoms with Gasteiger partial charge in [-0.05, 0) is 11.6 Å². The van der Waals surface area contributed by atoms with Crippen LogP contribution in [0, 0.1) is 16.0 Å². The van der Waals surface area contributed by atoms with Gasteiger partial charge < -0.3 is 10.4 Å². The number of nitro benzene ring substituents is 1. The zero-order valence-electron chi connectivity index (χ0n) is 10.8. The molecule has 0 aliphatic heterocycles. The molecule has 1 aromatic carbocycles. The molecule has 0 heterocycles. The Morgan fingerprint density at radius 2 is 2.20 bits per heavy atom. The van der Waals surface area contributed by atoms with Crippen molar-refractivity contribution < 1.29 is 19.6 Å². The highest BCUT2D eigenvalue weighted by molar-refractivity contribution is 5.92. The van der Waals surface area contributed by atoms with E-state index in [0.29, 0.717) is 5.56 Å². The summed E-state index contributed by atoms with van der Waals surface area (Å²) in [6, 6.07) is 5.83. The lowest BCUT2D eigenvalue weighted by Gasteiger charge is -2.05. The van der Waals surface area contributed by atoms with Gasteiger partial charge in [0.25, 0.3) is 5.69 Å². The standard InChI is InChI=1S/C13H14N2O5/c1-9(13(17)18)8-14-12(16)6-5-10-3-2-4-11(7-10)15(19)20/h2-7,9H,8H2,1H3,(H,14,16)(H,17,18). The summed E-state index contributed by atoms with van der Waals surface area (Å²) >= 11 is 0. The number of amides is 1. The number of benzene rings is 1. The summed E-state index contributed by atoms with van der Waals surface area (Å²) in [5.41, 5.74) is 0.452. The molecular formula is C13H14N2O5. The van der Waals surface area contributed by atoms with Crippen LogP contribution in [0.3, 0.4) is 0 Å². The average molecular weight is 278 g/mol. The molecule has 0 saturated heterocycles. The van der Waals surface area contributed by atoms with Gasteiger partial charge in [0.1, 0.15) is 0 Å². The summed E-state index contributed by atoms with van der Waals surface area (Å²) in [5.74, 6) is -2.12. The van der Waals surface area contributed by atoms with Gasteiger partial charge in [0.15, 0.2) is 0 Å². The van der Waals surface area contributed by atoms with E-state index in [1.807, 2.05) is 0 Å². The second kappa shape index (κ2) is 7.03. The van der Waals surface area contributed by atoms with Crippen molar-refractivity contribution in [1.82, 2.24) is 5.32 Å². The van der Waals surface area contributed by atoms with Gasteiger partial charge in [-0.3, -0.25) is 19.7 Å². The van der Waals surface area contributed by atoms with Crippen molar-refractivity contribution in [3.05, 3.63) is 46.0 Å². The number of carbonyl (C=O) groups is 2. The number of non-ortho nitro benzene ring substituents is 1. The van der Waals surface area contributed by atoms with Crippen LogP contribution < -0.4 is 5.32 Å². The molecule has 1 atom stereocenters. The van der Waals surface area contributed by atoms with Gasteiger partial charge in [0.2, 0.25) is 5.91 Å². The van der Waals surface area contributed by atoms with E-state index in [4.69, 9.17) is 5.11 Å². The second-order valence-corrected chi connectivity index (χ2v) is 4.17. The minimum Gasteiger partial charge on any atom is -0.481 e. The Labute approximate surface area is 115 Å². The van der Waals surface area contributed by atoms with E-state index in [9.17, 15) is 19.7 Å². The van der Waals surface area contributed by atoms with Crippen LogP contribution in [0.15, 0.2) is 30.3 Å². The normalized spacial score (nSPS) is 12.1. The van der Waals surface area contributed by atoms with E-state index in [2.05, 4.69) is 5.32 Å². The highest BCUT2D eigenvalue weighted by Crippen LogP contribution is 2.13. The molecule has 20 heavy (non-hydrogen) atoms. The first-order valence-electron chi connectivity index (χ1n) is 5.83. The monoisotopic (exact) mass is 278 g/mol. The molecule has 0 radical (unpaired) electrons. The third kappa shape index (κ3) is 4.89. The number of carboxylic acid groups (broad SMARTS) is 1. The molecule has 0 saturated carbocycles. The molecule has 0 aromatic heterocycles. The Bertz CT molecular complexity index is 553. The molecule has 7 heteroatoms. The number of carboxylic acids is 1. The maximum atomic E-state index is 11.4. The van der Waals surface area contributed by atoms with Crippen LogP contribution >= 0.6 is 0 Å². The van der Waals surface area contributed by atoms with E-state index in [-0.39, 0.29) is 12.2 Å². The number of nitro groups is 1. The number of carbonyl (C=O) groups excluding carboxylic acids is 1. The van der Waals surface area contributed by atoms with Gasteiger partial charge in [-0.25, -0.2) is 0 Å². The summed E-state index contributed by atoms with van der Waals surface area (Å²) in [4.78, 5) is 32.1. The fourth-order valence-corrected chi connectivity index (χ4v) is 1.31. The summed E-state index contributed by atoms with van der Waals surface area (Å²) in [6.07, 6.45) is 2.63. The molecule has 0 aliphatic rings. The molecule has 0 spiro atoms. The number of nitrogens with zero attached hydrogens (tertiary/aromatic N) is 1. The molecule has 7 nitrogen and oxygen atoms in total. The third-order valence-electron chi connectivity index (χ3n) is 2.51. The van der Waals surface area contributed by atoms with Crippen LogP contribution in [-0.4, -0.2) is 28.5 Å². The molecule has 0 aliphatic carbocycles. The second-order valence-electron chi connectivity index (χ2n) is 4.17. The Morgan fingerprint density at radius 1 is 1.50 bits per heavy atom. The third-order valence-corrected chi connectivity index (χ3v) is 2.51. The largest absolute Gasteiger partial charge is 0.481 e. The summed E-state index contributed by atoms with van der Waals surface area (Å²) in [7, 11) is 0. The van der Waals surface area contributed by atoms with Crippen LogP contribution in [0.25, 0.3) is 6.08 Å². The van der Waals surface area contributed by atoms with Crippen LogP contribution in [0.4, 0.5) is 5.69 Å². The molecule has 1 aromatic rings. The van der Waals surface area contributed by atoms with Gasteiger partial charge >= 0.3 is 5.97 Å². The Hall–Kier alpha value is -2.70. The SMILES string of the molecule is CC(CNC(=O)C=Cc1cccc([N+](=O)[O-])c1)C(=O)O. The Morgan fingerprint density at radius 3 is 2.80 bits per heavy atom. The van der Waals surface area contributed by atoms with Crippen molar-refractivity contribution in [2.24, 2.45) is 5.92 Å². The Kier molecular flexibility index (Phi) is 5.40. The van der Waals surface area contributed by atoms with Crippen molar-refractivity contribution in [3.8, 4) is 0 Å². The number of rotatable bonds is 6. The van der Waals surface area contributed by atoms with Gasteiger partial charge in [-0.1, -0.05) is 19.1 Å². The number of hydrogen-bond acceptors (Lipinski definition) is 4. The number of hydrogen-bond donors (Lipinski definition) is 2. The van der Waals surface area contributed by atoms with E-state index in [1.165, 1.54) is 37.3 Å². The first-order valence-corrected chi connectivity index (χ1v) is 5.83. The molecule has 2 N–H and O–H groups in total. The fourth-order valence-electron chi connectivity index (χ4n) is 1.31. The minimum absolute atomic E-state index is 0.0213. The molecule has 1 rings (SSSR count). The smallest absolute Gasteiger partial charge is 0.308 e. The van der Waals surface area contributed by atoms with Gasteiger partial charge in [-0.15, -0.1) is 0 Å². The van der Waals surface area contributed by atoms with E-state index >= 15 is 0 Å². The zero-order chi connectivity index (χ0) is 15.1.